The molecule has 1 saturated heterocycles. The van der Waals surface area contributed by atoms with E-state index in [2.05, 4.69) is 32.8 Å². The predicted molar refractivity (Wildman–Crippen MR) is 127 cm³/mol. The number of nitrogens with zero attached hydrogens (tertiary/aromatic N) is 3. The Morgan fingerprint density at radius 2 is 1.88 bits per heavy atom. The first-order valence-electron chi connectivity index (χ1n) is 11.1. The maximum Gasteiger partial charge on any atom is 0.315 e. The number of hydrogen-bond acceptors (Lipinski definition) is 4. The van der Waals surface area contributed by atoms with Crippen molar-refractivity contribution in [3.63, 3.8) is 0 Å². The summed E-state index contributed by atoms with van der Waals surface area (Å²) in [6.45, 7) is 7.04. The van der Waals surface area contributed by atoms with Gasteiger partial charge in [-0.25, -0.2) is 9.48 Å². The van der Waals surface area contributed by atoms with Crippen molar-refractivity contribution in [1.29, 1.82) is 0 Å². The van der Waals surface area contributed by atoms with Crippen LogP contribution in [0.3, 0.4) is 0 Å². The summed E-state index contributed by atoms with van der Waals surface area (Å²) in [5, 5.41) is 10.7. The van der Waals surface area contributed by atoms with Gasteiger partial charge in [-0.3, -0.25) is 0 Å². The number of amides is 2. The van der Waals surface area contributed by atoms with Crippen molar-refractivity contribution in [3.8, 4) is 11.4 Å². The summed E-state index contributed by atoms with van der Waals surface area (Å²) >= 11 is 0. The summed E-state index contributed by atoms with van der Waals surface area (Å²) in [4.78, 5) is 14.8. The third-order valence-corrected chi connectivity index (χ3v) is 6.12. The Bertz CT molecular complexity index is 1060. The fourth-order valence-electron chi connectivity index (χ4n) is 4.26. The molecule has 0 spiro atoms. The van der Waals surface area contributed by atoms with Crippen LogP contribution in [0.5, 0.6) is 5.75 Å². The number of carbonyl (C=O) groups is 1. The zero-order chi connectivity index (χ0) is 22.5. The zero-order valence-electron chi connectivity index (χ0n) is 19.0. The van der Waals surface area contributed by atoms with Crippen molar-refractivity contribution < 1.29 is 9.53 Å². The lowest BCUT2D eigenvalue weighted by Crippen LogP contribution is -2.38. The predicted octanol–water partition coefficient (Wildman–Crippen LogP) is 3.82. The number of anilines is 1. The highest BCUT2D eigenvalue weighted by Crippen LogP contribution is 2.26. The van der Waals surface area contributed by atoms with Crippen molar-refractivity contribution in [1.82, 2.24) is 20.4 Å². The standard InChI is InChI=1S/C25H31N5O2/c1-18-24(19(2)30(28-18)21-8-5-4-6-9-21)16-27-25(31)26-15-20-12-13-29(17-20)22-10-7-11-23(14-22)32-3/h4-11,14,20H,12-13,15-17H2,1-3H3,(H2,26,27,31). The van der Waals surface area contributed by atoms with Crippen LogP contribution in [0, 0.1) is 19.8 Å². The van der Waals surface area contributed by atoms with Gasteiger partial charge >= 0.3 is 6.03 Å². The molecule has 2 aromatic carbocycles. The first-order valence-corrected chi connectivity index (χ1v) is 11.1. The van der Waals surface area contributed by atoms with Gasteiger partial charge in [0.25, 0.3) is 0 Å². The Morgan fingerprint density at radius 1 is 1.09 bits per heavy atom. The van der Waals surface area contributed by atoms with Gasteiger partial charge in [0, 0.05) is 49.2 Å². The molecule has 32 heavy (non-hydrogen) atoms. The largest absolute Gasteiger partial charge is 0.497 e. The maximum absolute atomic E-state index is 12.4. The molecule has 2 amide bonds. The molecule has 0 aliphatic carbocycles. The van der Waals surface area contributed by atoms with Gasteiger partial charge in [0.1, 0.15) is 5.75 Å². The average Bonchev–Trinajstić information content (AvgIpc) is 3.41. The number of aromatic nitrogens is 2. The van der Waals surface area contributed by atoms with Crippen LogP contribution in [0.25, 0.3) is 5.69 Å². The van der Waals surface area contributed by atoms with Crippen molar-refractivity contribution in [2.75, 3.05) is 31.6 Å². The topological polar surface area (TPSA) is 71.4 Å². The number of carbonyl (C=O) groups excluding carboxylic acids is 1. The minimum absolute atomic E-state index is 0.143. The van der Waals surface area contributed by atoms with Crippen molar-refractivity contribution in [2.24, 2.45) is 5.92 Å². The van der Waals surface area contributed by atoms with Gasteiger partial charge in [-0.15, -0.1) is 0 Å². The van der Waals surface area contributed by atoms with E-state index < -0.39 is 0 Å². The smallest absolute Gasteiger partial charge is 0.315 e. The first kappa shape index (κ1) is 21.7. The average molecular weight is 434 g/mol. The number of hydrogen-bond donors (Lipinski definition) is 2. The van der Waals surface area contributed by atoms with Gasteiger partial charge in [0.15, 0.2) is 0 Å². The third-order valence-electron chi connectivity index (χ3n) is 6.12. The second kappa shape index (κ2) is 9.77. The molecular weight excluding hydrogens is 402 g/mol. The summed E-state index contributed by atoms with van der Waals surface area (Å²) in [6, 6.07) is 18.0. The summed E-state index contributed by atoms with van der Waals surface area (Å²) < 4.78 is 7.26. The summed E-state index contributed by atoms with van der Waals surface area (Å²) in [6.07, 6.45) is 1.06. The molecule has 1 fully saturated rings. The van der Waals surface area contributed by atoms with Gasteiger partial charge in [-0.2, -0.15) is 5.10 Å². The highest BCUT2D eigenvalue weighted by molar-refractivity contribution is 5.73. The van der Waals surface area contributed by atoms with E-state index in [0.29, 0.717) is 19.0 Å². The molecule has 0 bridgehead atoms. The molecule has 2 N–H and O–H groups in total. The molecule has 1 unspecified atom stereocenters. The molecule has 0 saturated carbocycles. The summed E-state index contributed by atoms with van der Waals surface area (Å²) in [5.74, 6) is 1.29. The number of methoxy groups -OCH3 is 1. The lowest BCUT2D eigenvalue weighted by atomic mass is 10.1. The Hall–Kier alpha value is -3.48. The van der Waals surface area contributed by atoms with Crippen LogP contribution in [0.2, 0.25) is 0 Å². The molecule has 1 aliphatic rings. The van der Waals surface area contributed by atoms with E-state index in [4.69, 9.17) is 4.74 Å². The van der Waals surface area contributed by atoms with Crippen LogP contribution in [0.15, 0.2) is 54.6 Å². The maximum atomic E-state index is 12.4. The molecule has 1 aliphatic heterocycles. The minimum atomic E-state index is -0.143. The van der Waals surface area contributed by atoms with Crippen LogP contribution in [-0.4, -0.2) is 42.6 Å². The van der Waals surface area contributed by atoms with Gasteiger partial charge in [0.05, 0.1) is 18.5 Å². The number of aryl methyl sites for hydroxylation is 1. The third kappa shape index (κ3) is 4.88. The summed E-state index contributed by atoms with van der Waals surface area (Å²) in [5.41, 5.74) is 5.20. The van der Waals surface area contributed by atoms with Crippen molar-refractivity contribution in [2.45, 2.75) is 26.8 Å². The lowest BCUT2D eigenvalue weighted by Gasteiger charge is -2.19. The van der Waals surface area contributed by atoms with E-state index in [9.17, 15) is 4.79 Å². The molecule has 168 valence electrons. The number of urea groups is 1. The number of ether oxygens (including phenoxy) is 1. The highest BCUT2D eigenvalue weighted by Gasteiger charge is 2.23. The van der Waals surface area contributed by atoms with Crippen molar-refractivity contribution in [3.05, 3.63) is 71.5 Å². The van der Waals surface area contributed by atoms with E-state index in [-0.39, 0.29) is 6.03 Å². The van der Waals surface area contributed by atoms with Gasteiger partial charge in [-0.05, 0) is 50.5 Å². The van der Waals surface area contributed by atoms with E-state index in [1.165, 1.54) is 0 Å². The Morgan fingerprint density at radius 3 is 2.66 bits per heavy atom. The van der Waals surface area contributed by atoms with E-state index >= 15 is 0 Å². The second-order valence-electron chi connectivity index (χ2n) is 8.26. The molecule has 7 heteroatoms. The van der Waals surface area contributed by atoms with Gasteiger partial charge in [0.2, 0.25) is 0 Å². The molecule has 1 atom stereocenters. The van der Waals surface area contributed by atoms with Gasteiger partial charge < -0.3 is 20.3 Å². The Kier molecular flexibility index (Phi) is 6.63. The molecule has 2 heterocycles. The fourth-order valence-corrected chi connectivity index (χ4v) is 4.26. The minimum Gasteiger partial charge on any atom is -0.497 e. The first-order chi connectivity index (χ1) is 15.5. The summed E-state index contributed by atoms with van der Waals surface area (Å²) in [7, 11) is 1.68. The number of nitrogens with one attached hydrogen (secondary N) is 2. The lowest BCUT2D eigenvalue weighted by molar-refractivity contribution is 0.239. The normalized spacial score (nSPS) is 15.6. The van der Waals surface area contributed by atoms with E-state index in [0.717, 1.165) is 53.6 Å². The highest BCUT2D eigenvalue weighted by atomic mass is 16.5. The molecule has 3 aromatic rings. The quantitative estimate of drug-likeness (QED) is 0.594. The second-order valence-corrected chi connectivity index (χ2v) is 8.26. The van der Waals surface area contributed by atoms with Crippen LogP contribution >= 0.6 is 0 Å². The monoisotopic (exact) mass is 433 g/mol. The number of para-hydroxylation sites is 1. The van der Waals surface area contributed by atoms with E-state index in [1.54, 1.807) is 7.11 Å². The van der Waals surface area contributed by atoms with Crippen LogP contribution < -0.4 is 20.3 Å². The SMILES string of the molecule is COc1cccc(N2CCC(CNC(=O)NCc3c(C)nn(-c4ccccc4)c3C)C2)c1. The van der Waals surface area contributed by atoms with Crippen LogP contribution in [0.4, 0.5) is 10.5 Å². The molecule has 1 aromatic heterocycles. The van der Waals surface area contributed by atoms with Gasteiger partial charge in [-0.1, -0.05) is 24.3 Å². The number of rotatable bonds is 7. The molecular formula is C25H31N5O2. The van der Waals surface area contributed by atoms with Crippen LogP contribution in [-0.2, 0) is 6.54 Å². The molecule has 0 radical (unpaired) electrons. The molecule has 4 rings (SSSR count). The Balaban J connectivity index is 1.27. The van der Waals surface area contributed by atoms with Crippen LogP contribution in [0.1, 0.15) is 23.4 Å². The fraction of sp³-hybridized carbons (Fsp3) is 0.360. The van der Waals surface area contributed by atoms with Crippen molar-refractivity contribution >= 4 is 11.7 Å². The Labute approximate surface area is 189 Å². The van der Waals surface area contributed by atoms with E-state index in [1.807, 2.05) is 61.0 Å². The zero-order valence-corrected chi connectivity index (χ0v) is 19.0. The number of benzene rings is 2. The molecule has 7 nitrogen and oxygen atoms in total.